The van der Waals surface area contributed by atoms with E-state index in [0.717, 1.165) is 5.56 Å². The fourth-order valence-electron chi connectivity index (χ4n) is 2.45. The van der Waals surface area contributed by atoms with Gasteiger partial charge in [0.25, 0.3) is 0 Å². The number of aromatic carboxylic acids is 1. The van der Waals surface area contributed by atoms with E-state index in [1.54, 1.807) is 32.0 Å². The molecule has 0 unspecified atom stereocenters. The molecule has 0 saturated carbocycles. The number of halogens is 1. The van der Waals surface area contributed by atoms with Crippen molar-refractivity contribution >= 4 is 33.3 Å². The summed E-state index contributed by atoms with van der Waals surface area (Å²) >= 11 is 5.95. The molecule has 0 atom stereocenters. The molecule has 0 radical (unpaired) electrons. The Morgan fingerprint density at radius 2 is 1.92 bits per heavy atom. The molecule has 0 amide bonds. The Hall–Kier alpha value is -2.09. The van der Waals surface area contributed by atoms with Crippen LogP contribution >= 0.6 is 11.6 Å². The third kappa shape index (κ3) is 3.87. The second-order valence-corrected chi connectivity index (χ2v) is 7.34. The number of anilines is 1. The fourth-order valence-corrected chi connectivity index (χ4v) is 3.56. The van der Waals surface area contributed by atoms with Crippen LogP contribution in [0.2, 0.25) is 5.02 Å². The SMILES string of the molecule is Cc1ccc(NCc2ccc(S(N)(=O)=O)c(Cl)c2)c(C)c1C(=O)O. The van der Waals surface area contributed by atoms with E-state index >= 15 is 0 Å². The maximum Gasteiger partial charge on any atom is 0.336 e. The lowest BCUT2D eigenvalue weighted by molar-refractivity contribution is 0.0695. The van der Waals surface area contributed by atoms with Crippen molar-refractivity contribution in [1.82, 2.24) is 0 Å². The van der Waals surface area contributed by atoms with Crippen LogP contribution in [0, 0.1) is 13.8 Å². The van der Waals surface area contributed by atoms with Crippen LogP contribution < -0.4 is 10.5 Å². The molecule has 0 aromatic heterocycles. The first kappa shape index (κ1) is 18.3. The van der Waals surface area contributed by atoms with Crippen molar-refractivity contribution in [2.45, 2.75) is 25.3 Å². The van der Waals surface area contributed by atoms with Crippen LogP contribution in [0.5, 0.6) is 0 Å². The molecule has 6 nitrogen and oxygen atoms in total. The van der Waals surface area contributed by atoms with E-state index in [1.165, 1.54) is 12.1 Å². The zero-order valence-corrected chi connectivity index (χ0v) is 14.7. The Morgan fingerprint density at radius 1 is 1.25 bits per heavy atom. The smallest absolute Gasteiger partial charge is 0.336 e. The molecular weight excluding hydrogens is 352 g/mol. The Bertz CT molecular complexity index is 911. The zero-order chi connectivity index (χ0) is 18.1. The quantitative estimate of drug-likeness (QED) is 0.751. The van der Waals surface area contributed by atoms with Gasteiger partial charge in [-0.2, -0.15) is 0 Å². The summed E-state index contributed by atoms with van der Waals surface area (Å²) in [5.41, 5.74) is 3.01. The van der Waals surface area contributed by atoms with E-state index in [9.17, 15) is 18.3 Å². The summed E-state index contributed by atoms with van der Waals surface area (Å²) in [6.07, 6.45) is 0. The van der Waals surface area contributed by atoms with Gasteiger partial charge in [-0.25, -0.2) is 18.4 Å². The van der Waals surface area contributed by atoms with Crippen molar-refractivity contribution in [3.05, 3.63) is 57.6 Å². The normalized spacial score (nSPS) is 11.3. The summed E-state index contributed by atoms with van der Waals surface area (Å²) in [6.45, 7) is 3.83. The molecule has 0 bridgehead atoms. The van der Waals surface area contributed by atoms with Crippen molar-refractivity contribution in [2.24, 2.45) is 5.14 Å². The van der Waals surface area contributed by atoms with E-state index in [2.05, 4.69) is 5.32 Å². The van der Waals surface area contributed by atoms with E-state index < -0.39 is 16.0 Å². The first-order valence-corrected chi connectivity index (χ1v) is 8.92. The number of primary sulfonamides is 1. The van der Waals surface area contributed by atoms with Gasteiger partial charge in [-0.3, -0.25) is 0 Å². The summed E-state index contributed by atoms with van der Waals surface area (Å²) in [5, 5.41) is 17.5. The molecule has 128 valence electrons. The third-order valence-corrected chi connectivity index (χ3v) is 5.07. The number of benzene rings is 2. The first-order valence-electron chi connectivity index (χ1n) is 7.00. The van der Waals surface area contributed by atoms with Crippen LogP contribution in [0.15, 0.2) is 35.2 Å². The molecule has 2 aromatic carbocycles. The van der Waals surface area contributed by atoms with E-state index in [0.29, 0.717) is 23.4 Å². The lowest BCUT2D eigenvalue weighted by Crippen LogP contribution is -2.13. The Kier molecular flexibility index (Phi) is 5.17. The summed E-state index contributed by atoms with van der Waals surface area (Å²) < 4.78 is 22.7. The monoisotopic (exact) mass is 368 g/mol. The number of carboxylic acids is 1. The van der Waals surface area contributed by atoms with Crippen LogP contribution in [-0.4, -0.2) is 19.5 Å². The highest BCUT2D eigenvalue weighted by Crippen LogP contribution is 2.25. The van der Waals surface area contributed by atoms with Crippen molar-refractivity contribution in [3.63, 3.8) is 0 Å². The molecule has 2 rings (SSSR count). The van der Waals surface area contributed by atoms with Gasteiger partial charge < -0.3 is 10.4 Å². The predicted molar refractivity (Wildman–Crippen MR) is 93.0 cm³/mol. The lowest BCUT2D eigenvalue weighted by atomic mass is 10.0. The highest BCUT2D eigenvalue weighted by molar-refractivity contribution is 7.89. The van der Waals surface area contributed by atoms with Crippen molar-refractivity contribution in [2.75, 3.05) is 5.32 Å². The first-order chi connectivity index (χ1) is 11.1. The molecular formula is C16H17ClN2O4S. The fraction of sp³-hybridized carbons (Fsp3) is 0.188. The van der Waals surface area contributed by atoms with E-state index in [4.69, 9.17) is 16.7 Å². The average Bonchev–Trinajstić information content (AvgIpc) is 2.44. The summed E-state index contributed by atoms with van der Waals surface area (Å²) in [7, 11) is -3.86. The minimum atomic E-state index is -3.86. The number of nitrogens with two attached hydrogens (primary N) is 1. The van der Waals surface area contributed by atoms with Crippen LogP contribution in [-0.2, 0) is 16.6 Å². The van der Waals surface area contributed by atoms with Gasteiger partial charge in [0, 0.05) is 12.2 Å². The minimum absolute atomic E-state index is 0.0450. The van der Waals surface area contributed by atoms with E-state index in [-0.39, 0.29) is 15.5 Å². The highest BCUT2D eigenvalue weighted by atomic mass is 35.5. The molecule has 0 aliphatic rings. The van der Waals surface area contributed by atoms with Gasteiger partial charge in [-0.1, -0.05) is 23.7 Å². The van der Waals surface area contributed by atoms with Crippen LogP contribution in [0.3, 0.4) is 0 Å². The number of sulfonamides is 1. The van der Waals surface area contributed by atoms with Crippen molar-refractivity contribution in [3.8, 4) is 0 Å². The molecule has 0 aliphatic heterocycles. The van der Waals surface area contributed by atoms with Gasteiger partial charge in [-0.15, -0.1) is 0 Å². The minimum Gasteiger partial charge on any atom is -0.478 e. The Morgan fingerprint density at radius 3 is 2.46 bits per heavy atom. The second-order valence-electron chi connectivity index (χ2n) is 5.40. The Balaban J connectivity index is 2.25. The van der Waals surface area contributed by atoms with Crippen molar-refractivity contribution < 1.29 is 18.3 Å². The second kappa shape index (κ2) is 6.80. The number of nitrogens with one attached hydrogen (secondary N) is 1. The zero-order valence-electron chi connectivity index (χ0n) is 13.1. The average molecular weight is 369 g/mol. The van der Waals surface area contributed by atoms with Crippen LogP contribution in [0.4, 0.5) is 5.69 Å². The van der Waals surface area contributed by atoms with Gasteiger partial charge in [0.05, 0.1) is 10.6 Å². The standard InChI is InChI=1S/C16H17ClN2O4S/c1-9-3-5-13(10(2)15(9)16(20)21)19-8-11-4-6-14(12(17)7-11)24(18,22)23/h3-7,19H,8H2,1-2H3,(H,20,21)(H2,18,22,23). The van der Waals surface area contributed by atoms with Gasteiger partial charge in [0.15, 0.2) is 0 Å². The van der Waals surface area contributed by atoms with Gasteiger partial charge in [0.2, 0.25) is 10.0 Å². The van der Waals surface area contributed by atoms with Crippen LogP contribution in [0.25, 0.3) is 0 Å². The largest absolute Gasteiger partial charge is 0.478 e. The number of hydrogen-bond acceptors (Lipinski definition) is 4. The molecule has 8 heteroatoms. The number of carboxylic acid groups (broad SMARTS) is 1. The molecule has 24 heavy (non-hydrogen) atoms. The predicted octanol–water partition coefficient (Wildman–Crippen LogP) is 2.91. The van der Waals surface area contributed by atoms with E-state index in [1.807, 2.05) is 0 Å². The molecule has 2 aromatic rings. The number of rotatable bonds is 5. The molecule has 4 N–H and O–H groups in total. The number of carbonyl (C=O) groups is 1. The van der Waals surface area contributed by atoms with Gasteiger partial charge in [0.1, 0.15) is 4.90 Å². The maximum atomic E-state index is 11.3. The highest BCUT2D eigenvalue weighted by Gasteiger charge is 2.15. The van der Waals surface area contributed by atoms with Crippen molar-refractivity contribution in [1.29, 1.82) is 0 Å². The Labute approximate surface area is 145 Å². The molecule has 0 spiro atoms. The topological polar surface area (TPSA) is 109 Å². The van der Waals surface area contributed by atoms with Gasteiger partial charge in [-0.05, 0) is 48.7 Å². The molecule has 0 saturated heterocycles. The number of hydrogen-bond donors (Lipinski definition) is 3. The molecule has 0 heterocycles. The summed E-state index contributed by atoms with van der Waals surface area (Å²) in [4.78, 5) is 11.2. The van der Waals surface area contributed by atoms with Crippen LogP contribution in [0.1, 0.15) is 27.0 Å². The number of aryl methyl sites for hydroxylation is 1. The van der Waals surface area contributed by atoms with Gasteiger partial charge >= 0.3 is 5.97 Å². The summed E-state index contributed by atoms with van der Waals surface area (Å²) in [6, 6.07) is 7.99. The lowest BCUT2D eigenvalue weighted by Gasteiger charge is -2.14. The third-order valence-electron chi connectivity index (χ3n) is 3.67. The summed E-state index contributed by atoms with van der Waals surface area (Å²) in [5.74, 6) is -0.978. The molecule has 0 aliphatic carbocycles. The maximum absolute atomic E-state index is 11.3. The molecule has 0 fully saturated rings.